The summed E-state index contributed by atoms with van der Waals surface area (Å²) in [5.74, 6) is 0.593. The number of carbonyl (C=O) groups is 1. The lowest BCUT2D eigenvalue weighted by Crippen LogP contribution is -2.29. The van der Waals surface area contributed by atoms with E-state index >= 15 is 0 Å². The van der Waals surface area contributed by atoms with Gasteiger partial charge in [0.15, 0.2) is 5.82 Å². The molecule has 0 aliphatic rings. The highest BCUT2D eigenvalue weighted by atomic mass is 35.5. The number of rotatable bonds is 8. The highest BCUT2D eigenvalue weighted by Gasteiger charge is 2.21. The van der Waals surface area contributed by atoms with Crippen molar-refractivity contribution in [3.63, 3.8) is 0 Å². The van der Waals surface area contributed by atoms with Gasteiger partial charge in [0.05, 0.1) is 17.2 Å². The number of nitrogens with two attached hydrogens (primary N) is 1. The number of amides is 1. The first kappa shape index (κ1) is 26.2. The van der Waals surface area contributed by atoms with Crippen molar-refractivity contribution in [3.05, 3.63) is 106 Å². The van der Waals surface area contributed by atoms with Crippen LogP contribution in [0.1, 0.15) is 23.0 Å². The molecule has 1 atom stereocenters. The fourth-order valence-corrected chi connectivity index (χ4v) is 4.93. The fraction of sp³-hybridized carbons (Fsp3) is 0.0714. The van der Waals surface area contributed by atoms with Crippen LogP contribution in [0.2, 0.25) is 10.2 Å². The van der Waals surface area contributed by atoms with Crippen molar-refractivity contribution < 1.29 is 4.79 Å². The van der Waals surface area contributed by atoms with E-state index in [-0.39, 0.29) is 5.91 Å². The summed E-state index contributed by atoms with van der Waals surface area (Å²) in [5.41, 5.74) is 10.3. The Balaban J connectivity index is 1.29. The molecule has 5 N–H and O–H groups in total. The third kappa shape index (κ3) is 5.67. The highest BCUT2D eigenvalue weighted by Crippen LogP contribution is 2.31. The van der Waals surface area contributed by atoms with E-state index in [0.29, 0.717) is 45.2 Å². The van der Waals surface area contributed by atoms with Crippen LogP contribution in [0.15, 0.2) is 79.1 Å². The molecule has 204 valence electrons. The number of hydrogen-bond acceptors (Lipinski definition) is 7. The first-order valence-corrected chi connectivity index (χ1v) is 13.2. The Kier molecular flexibility index (Phi) is 7.19. The molecule has 3 heterocycles. The third-order valence-corrected chi connectivity index (χ3v) is 6.98. The number of nitrogens with zero attached hydrogens (tertiary/aromatic N) is 6. The molecule has 0 aliphatic carbocycles. The molecule has 3 aromatic heterocycles. The quantitative estimate of drug-likeness (QED) is 0.185. The molecular weight excluding hydrogens is 563 g/mol. The van der Waals surface area contributed by atoms with E-state index in [1.165, 1.54) is 17.1 Å². The molecule has 0 fully saturated rings. The predicted molar refractivity (Wildman–Crippen MR) is 157 cm³/mol. The predicted octanol–water partition coefficient (Wildman–Crippen LogP) is 4.93. The summed E-state index contributed by atoms with van der Waals surface area (Å²) in [6.45, 7) is 0. The molecule has 6 aromatic rings. The molecule has 41 heavy (non-hydrogen) atoms. The maximum Gasteiger partial charge on any atom is 0.244 e. The minimum atomic E-state index is -0.509. The number of aromatic amines is 2. The Morgan fingerprint density at radius 3 is 2.76 bits per heavy atom. The summed E-state index contributed by atoms with van der Waals surface area (Å²) in [5, 5.41) is 23.0. The van der Waals surface area contributed by atoms with Gasteiger partial charge in [-0.1, -0.05) is 59.6 Å². The van der Waals surface area contributed by atoms with Crippen LogP contribution < -0.4 is 11.1 Å². The molecule has 1 amide bonds. The van der Waals surface area contributed by atoms with E-state index in [9.17, 15) is 4.79 Å². The normalized spacial score (nSPS) is 12.2. The van der Waals surface area contributed by atoms with Gasteiger partial charge in [-0.15, -0.1) is 5.10 Å². The Bertz CT molecular complexity index is 1860. The number of nitrogen functional groups attached to an aromatic ring is 1. The van der Waals surface area contributed by atoms with Gasteiger partial charge in [0.1, 0.15) is 23.0 Å². The van der Waals surface area contributed by atoms with Gasteiger partial charge in [0.2, 0.25) is 5.91 Å². The second-order valence-corrected chi connectivity index (χ2v) is 10.0. The number of tetrazole rings is 1. The number of nitrogens with one attached hydrogen (secondary N) is 3. The number of benzene rings is 3. The average Bonchev–Trinajstić information content (AvgIpc) is 3.73. The maximum absolute atomic E-state index is 13.2. The zero-order valence-electron chi connectivity index (χ0n) is 21.3. The van der Waals surface area contributed by atoms with Crippen LogP contribution in [0.4, 0.5) is 5.82 Å². The number of hydrogen-bond donors (Lipinski definition) is 4. The summed E-state index contributed by atoms with van der Waals surface area (Å²) < 4.78 is 1.49. The van der Waals surface area contributed by atoms with Crippen LogP contribution >= 0.6 is 23.2 Å². The number of H-pyrrole nitrogens is 2. The molecule has 0 saturated carbocycles. The largest absolute Gasteiger partial charge is 0.382 e. The molecule has 3 aromatic carbocycles. The molecule has 13 heteroatoms. The van der Waals surface area contributed by atoms with Gasteiger partial charge >= 0.3 is 0 Å². The van der Waals surface area contributed by atoms with Crippen molar-refractivity contribution in [3.8, 4) is 16.9 Å². The molecule has 0 bridgehead atoms. The zero-order valence-corrected chi connectivity index (χ0v) is 22.8. The van der Waals surface area contributed by atoms with E-state index in [0.717, 1.165) is 22.0 Å². The Morgan fingerprint density at radius 2 is 1.95 bits per heavy atom. The Morgan fingerprint density at radius 1 is 1.10 bits per heavy atom. The fourth-order valence-electron chi connectivity index (χ4n) is 4.50. The number of fused-ring (bicyclic) bond motifs is 1. The van der Waals surface area contributed by atoms with Gasteiger partial charge < -0.3 is 16.0 Å². The molecule has 0 radical (unpaired) electrons. The van der Waals surface area contributed by atoms with Crippen molar-refractivity contribution in [2.24, 2.45) is 0 Å². The van der Waals surface area contributed by atoms with E-state index in [1.807, 2.05) is 48.5 Å². The summed E-state index contributed by atoms with van der Waals surface area (Å²) in [7, 11) is 0. The number of halogens is 2. The first-order valence-electron chi connectivity index (χ1n) is 12.5. The highest BCUT2D eigenvalue weighted by molar-refractivity contribution is 6.32. The standard InChI is InChI=1S/C28H22Cl2N10O/c29-19-8-10-23(40-15-32-38-39-40)17(13-19)7-11-24(41)33-22(12-16-4-2-1-3-5-16)28-34-25(26(30)35-28)18-6-9-20-21(14-18)36-37-27(20)31/h1-11,13-15,22H,12H2,(H,33,41)(H,34,35)(H3,31,36,37)/t22-/m0/s1. The molecular formula is C28H22Cl2N10O. The number of imidazole rings is 1. The second-order valence-electron chi connectivity index (χ2n) is 9.20. The van der Waals surface area contributed by atoms with E-state index < -0.39 is 6.04 Å². The van der Waals surface area contributed by atoms with Crippen molar-refractivity contribution in [1.82, 2.24) is 45.7 Å². The molecule has 0 unspecified atom stereocenters. The van der Waals surface area contributed by atoms with Crippen LogP contribution in [0.25, 0.3) is 33.9 Å². The van der Waals surface area contributed by atoms with Crippen LogP contribution in [0.5, 0.6) is 0 Å². The molecule has 0 spiro atoms. The van der Waals surface area contributed by atoms with Crippen molar-refractivity contribution in [2.75, 3.05) is 5.73 Å². The van der Waals surface area contributed by atoms with E-state index in [1.54, 1.807) is 24.3 Å². The Labute approximate surface area is 243 Å². The van der Waals surface area contributed by atoms with Gasteiger partial charge in [-0.25, -0.2) is 4.98 Å². The van der Waals surface area contributed by atoms with Crippen molar-refractivity contribution in [1.29, 1.82) is 0 Å². The van der Waals surface area contributed by atoms with Crippen molar-refractivity contribution in [2.45, 2.75) is 12.5 Å². The Hall–Kier alpha value is -5.00. The van der Waals surface area contributed by atoms with Gasteiger partial charge in [-0.2, -0.15) is 9.78 Å². The first-order chi connectivity index (χ1) is 19.9. The van der Waals surface area contributed by atoms with Crippen LogP contribution in [0, 0.1) is 0 Å². The number of aromatic nitrogens is 8. The van der Waals surface area contributed by atoms with Gasteiger partial charge in [0, 0.05) is 27.6 Å². The zero-order chi connectivity index (χ0) is 28.3. The van der Waals surface area contributed by atoms with Crippen LogP contribution in [-0.2, 0) is 11.2 Å². The molecule has 0 aliphatic heterocycles. The van der Waals surface area contributed by atoms with Crippen LogP contribution in [0.3, 0.4) is 0 Å². The maximum atomic E-state index is 13.2. The van der Waals surface area contributed by atoms with E-state index in [2.05, 4.69) is 36.0 Å². The lowest BCUT2D eigenvalue weighted by Gasteiger charge is -2.16. The molecule has 11 nitrogen and oxygen atoms in total. The monoisotopic (exact) mass is 584 g/mol. The molecule has 0 saturated heterocycles. The lowest BCUT2D eigenvalue weighted by molar-refractivity contribution is -0.117. The van der Waals surface area contributed by atoms with Crippen LogP contribution in [-0.4, -0.2) is 46.3 Å². The van der Waals surface area contributed by atoms with E-state index in [4.69, 9.17) is 33.9 Å². The third-order valence-electron chi connectivity index (χ3n) is 6.47. The lowest BCUT2D eigenvalue weighted by atomic mass is 10.1. The SMILES string of the molecule is Nc1n[nH]c2cc(-c3nc([C@H](Cc4ccccc4)NC(=O)C=Cc4cc(Cl)ccc4-n4cnnn4)[nH]c3Cl)ccc12. The topological polar surface area (TPSA) is 156 Å². The average molecular weight is 585 g/mol. The summed E-state index contributed by atoms with van der Waals surface area (Å²) in [6, 6.07) is 20.1. The molecule has 6 rings (SSSR count). The van der Waals surface area contributed by atoms with Crippen molar-refractivity contribution >= 4 is 51.9 Å². The summed E-state index contributed by atoms with van der Waals surface area (Å²) in [6.07, 6.45) is 5.03. The number of carbonyl (C=O) groups excluding carboxylic acids is 1. The van der Waals surface area contributed by atoms with Gasteiger partial charge in [-0.05, 0) is 58.8 Å². The minimum Gasteiger partial charge on any atom is -0.382 e. The summed E-state index contributed by atoms with van der Waals surface area (Å²) in [4.78, 5) is 21.1. The smallest absolute Gasteiger partial charge is 0.244 e. The van der Waals surface area contributed by atoms with Gasteiger partial charge in [0.25, 0.3) is 0 Å². The van der Waals surface area contributed by atoms with Gasteiger partial charge in [-0.3, -0.25) is 9.89 Å². The summed E-state index contributed by atoms with van der Waals surface area (Å²) >= 11 is 12.8. The number of anilines is 1. The minimum absolute atomic E-state index is 0.336. The second kappa shape index (κ2) is 11.2.